The first kappa shape index (κ1) is 23.0. The first-order valence-electron chi connectivity index (χ1n) is 8.15. The topological polar surface area (TPSA) is 84.2 Å². The summed E-state index contributed by atoms with van der Waals surface area (Å²) in [7, 11) is 3.48. The van der Waals surface area contributed by atoms with Crippen LogP contribution in [-0.4, -0.2) is 47.1 Å². The standard InChI is InChI=1S/C17H23ClN4O2.2ClH/c1-22(17(23)10-3-6-15(24-2)12(19)7-10)9-16-20-13-5-4-11(18)8-14(13)21-16;;/h4-5,8,10,12,15H,3,6-7,9,19H2,1-2H3,(H,20,21);2*1H/t10-,12+,15+;;/m0../s1. The zero-order valence-electron chi connectivity index (χ0n) is 14.8. The summed E-state index contributed by atoms with van der Waals surface area (Å²) in [6.45, 7) is 0.435. The van der Waals surface area contributed by atoms with Gasteiger partial charge in [0.15, 0.2) is 0 Å². The Morgan fingerprint density at radius 3 is 2.81 bits per heavy atom. The fourth-order valence-electron chi connectivity index (χ4n) is 3.42. The van der Waals surface area contributed by atoms with Gasteiger partial charge in [0.2, 0.25) is 5.91 Å². The molecule has 6 nitrogen and oxygen atoms in total. The minimum absolute atomic E-state index is 0. The second kappa shape index (κ2) is 9.76. The van der Waals surface area contributed by atoms with Crippen molar-refractivity contribution in [1.82, 2.24) is 14.9 Å². The van der Waals surface area contributed by atoms with Crippen molar-refractivity contribution in [3.05, 3.63) is 29.0 Å². The van der Waals surface area contributed by atoms with Crippen molar-refractivity contribution in [2.75, 3.05) is 14.2 Å². The molecule has 1 aliphatic rings. The van der Waals surface area contributed by atoms with Crippen LogP contribution in [0.15, 0.2) is 18.2 Å². The molecular formula is C17H25Cl3N4O2. The van der Waals surface area contributed by atoms with E-state index in [0.717, 1.165) is 29.7 Å². The molecule has 9 heteroatoms. The molecule has 1 amide bonds. The molecule has 1 fully saturated rings. The number of ether oxygens (including phenoxy) is 1. The van der Waals surface area contributed by atoms with Crippen molar-refractivity contribution < 1.29 is 9.53 Å². The van der Waals surface area contributed by atoms with Crippen LogP contribution in [0.5, 0.6) is 0 Å². The number of rotatable bonds is 4. The Morgan fingerprint density at radius 2 is 2.15 bits per heavy atom. The third-order valence-corrected chi connectivity index (χ3v) is 4.98. The van der Waals surface area contributed by atoms with Crippen LogP contribution in [0.1, 0.15) is 25.1 Å². The smallest absolute Gasteiger partial charge is 0.225 e. The van der Waals surface area contributed by atoms with E-state index in [0.29, 0.717) is 18.0 Å². The van der Waals surface area contributed by atoms with E-state index in [9.17, 15) is 4.79 Å². The van der Waals surface area contributed by atoms with Crippen molar-refractivity contribution >= 4 is 53.4 Å². The SMILES string of the molecule is CO[C@@H]1CC[C@H](C(=O)N(C)Cc2nc3ccc(Cl)cc3[nH]2)C[C@H]1N.Cl.Cl. The van der Waals surface area contributed by atoms with Crippen LogP contribution in [-0.2, 0) is 16.1 Å². The summed E-state index contributed by atoms with van der Waals surface area (Å²) in [5.41, 5.74) is 7.83. The van der Waals surface area contributed by atoms with E-state index >= 15 is 0 Å². The van der Waals surface area contributed by atoms with Crippen LogP contribution in [0.3, 0.4) is 0 Å². The van der Waals surface area contributed by atoms with Gasteiger partial charge in [0.05, 0.1) is 23.7 Å². The predicted octanol–water partition coefficient (Wildman–Crippen LogP) is 3.16. The largest absolute Gasteiger partial charge is 0.380 e. The molecule has 1 aromatic heterocycles. The fraction of sp³-hybridized carbons (Fsp3) is 0.529. The lowest BCUT2D eigenvalue weighted by molar-refractivity contribution is -0.137. The third-order valence-electron chi connectivity index (χ3n) is 4.74. The molecule has 0 saturated heterocycles. The van der Waals surface area contributed by atoms with Gasteiger partial charge < -0.3 is 20.4 Å². The number of aromatic amines is 1. The lowest BCUT2D eigenvalue weighted by Gasteiger charge is -2.34. The van der Waals surface area contributed by atoms with E-state index in [1.807, 2.05) is 12.1 Å². The van der Waals surface area contributed by atoms with Crippen LogP contribution >= 0.6 is 36.4 Å². The van der Waals surface area contributed by atoms with Crippen molar-refractivity contribution in [2.24, 2.45) is 11.7 Å². The number of benzene rings is 1. The van der Waals surface area contributed by atoms with Crippen LogP contribution < -0.4 is 5.73 Å². The van der Waals surface area contributed by atoms with Crippen molar-refractivity contribution in [3.8, 4) is 0 Å². The number of fused-ring (bicyclic) bond motifs is 1. The summed E-state index contributed by atoms with van der Waals surface area (Å²) in [5.74, 6) is 0.812. The fourth-order valence-corrected chi connectivity index (χ4v) is 3.59. The van der Waals surface area contributed by atoms with Crippen LogP contribution in [0.25, 0.3) is 11.0 Å². The predicted molar refractivity (Wildman–Crippen MR) is 108 cm³/mol. The lowest BCUT2D eigenvalue weighted by Crippen LogP contribution is -2.45. The number of carbonyl (C=O) groups excluding carboxylic acids is 1. The summed E-state index contributed by atoms with van der Waals surface area (Å²) in [6, 6.07) is 5.42. The Labute approximate surface area is 170 Å². The number of nitrogens with one attached hydrogen (secondary N) is 1. The van der Waals surface area contributed by atoms with Crippen molar-refractivity contribution in [3.63, 3.8) is 0 Å². The van der Waals surface area contributed by atoms with Gasteiger partial charge in [-0.3, -0.25) is 4.79 Å². The monoisotopic (exact) mass is 422 g/mol. The highest BCUT2D eigenvalue weighted by Gasteiger charge is 2.33. The molecule has 0 radical (unpaired) electrons. The minimum atomic E-state index is -0.0838. The molecule has 3 N–H and O–H groups in total. The highest BCUT2D eigenvalue weighted by molar-refractivity contribution is 6.31. The van der Waals surface area contributed by atoms with Gasteiger partial charge in [0.25, 0.3) is 0 Å². The molecule has 0 unspecified atom stereocenters. The number of nitrogens with two attached hydrogens (primary N) is 1. The maximum Gasteiger partial charge on any atom is 0.225 e. The molecular weight excluding hydrogens is 399 g/mol. The highest BCUT2D eigenvalue weighted by Crippen LogP contribution is 2.27. The first-order chi connectivity index (χ1) is 11.5. The zero-order valence-corrected chi connectivity index (χ0v) is 17.2. The number of amides is 1. The number of H-pyrrole nitrogens is 1. The highest BCUT2D eigenvalue weighted by atomic mass is 35.5. The van der Waals surface area contributed by atoms with Crippen LogP contribution in [0.2, 0.25) is 5.02 Å². The molecule has 1 aromatic carbocycles. The minimum Gasteiger partial charge on any atom is -0.380 e. The van der Waals surface area contributed by atoms with Gasteiger partial charge in [-0.1, -0.05) is 11.6 Å². The molecule has 3 atom stereocenters. The van der Waals surface area contributed by atoms with Crippen molar-refractivity contribution in [1.29, 1.82) is 0 Å². The second-order valence-corrected chi connectivity index (χ2v) is 6.92. The van der Waals surface area contributed by atoms with E-state index in [2.05, 4.69) is 9.97 Å². The maximum atomic E-state index is 12.7. The lowest BCUT2D eigenvalue weighted by atomic mass is 9.83. The van der Waals surface area contributed by atoms with E-state index in [4.69, 9.17) is 22.1 Å². The quantitative estimate of drug-likeness (QED) is 0.791. The van der Waals surface area contributed by atoms with Crippen molar-refractivity contribution in [2.45, 2.75) is 38.0 Å². The number of aromatic nitrogens is 2. The summed E-state index contributed by atoms with van der Waals surface area (Å²) < 4.78 is 5.36. The Hall–Kier alpha value is -1.05. The molecule has 1 heterocycles. The van der Waals surface area contributed by atoms with E-state index in [-0.39, 0.29) is 48.8 Å². The number of methoxy groups -OCH3 is 1. The Bertz CT molecular complexity index is 740. The Balaban J connectivity index is 0.00000169. The van der Waals surface area contributed by atoms with Gasteiger partial charge in [-0.25, -0.2) is 4.98 Å². The van der Waals surface area contributed by atoms with E-state index in [1.54, 1.807) is 25.1 Å². The Kier molecular flexibility index (Phi) is 8.63. The summed E-state index contributed by atoms with van der Waals surface area (Å²) in [5, 5.41) is 0.658. The summed E-state index contributed by atoms with van der Waals surface area (Å²) >= 11 is 5.99. The number of carbonyl (C=O) groups is 1. The molecule has 3 rings (SSSR count). The number of halogens is 3. The van der Waals surface area contributed by atoms with Gasteiger partial charge in [-0.15, -0.1) is 24.8 Å². The molecule has 1 aliphatic carbocycles. The molecule has 0 aliphatic heterocycles. The van der Waals surface area contributed by atoms with E-state index < -0.39 is 0 Å². The zero-order chi connectivity index (χ0) is 17.3. The molecule has 146 valence electrons. The molecule has 2 aromatic rings. The average molecular weight is 424 g/mol. The van der Waals surface area contributed by atoms with Gasteiger partial charge in [-0.2, -0.15) is 0 Å². The number of hydrogen-bond donors (Lipinski definition) is 2. The normalized spacial score (nSPS) is 22.4. The molecule has 26 heavy (non-hydrogen) atoms. The summed E-state index contributed by atoms with van der Waals surface area (Å²) in [6.07, 6.45) is 2.35. The molecule has 1 saturated carbocycles. The van der Waals surface area contributed by atoms with Gasteiger partial charge in [-0.05, 0) is 37.5 Å². The number of nitrogens with zero attached hydrogens (tertiary/aromatic N) is 2. The second-order valence-electron chi connectivity index (χ2n) is 6.49. The number of imidazole rings is 1. The summed E-state index contributed by atoms with van der Waals surface area (Å²) in [4.78, 5) is 22.1. The van der Waals surface area contributed by atoms with Crippen LogP contribution in [0, 0.1) is 5.92 Å². The number of hydrogen-bond acceptors (Lipinski definition) is 4. The average Bonchev–Trinajstić information content (AvgIpc) is 2.95. The molecule has 0 bridgehead atoms. The van der Waals surface area contributed by atoms with Crippen LogP contribution in [0.4, 0.5) is 0 Å². The first-order valence-corrected chi connectivity index (χ1v) is 8.53. The van der Waals surface area contributed by atoms with Gasteiger partial charge in [0.1, 0.15) is 5.82 Å². The van der Waals surface area contributed by atoms with E-state index in [1.165, 1.54) is 0 Å². The van der Waals surface area contributed by atoms with Gasteiger partial charge >= 0.3 is 0 Å². The third kappa shape index (κ3) is 5.02. The Morgan fingerprint density at radius 1 is 1.42 bits per heavy atom. The molecule has 0 spiro atoms. The maximum absolute atomic E-state index is 12.7. The van der Waals surface area contributed by atoms with Gasteiger partial charge in [0, 0.05) is 31.1 Å².